The van der Waals surface area contributed by atoms with Crippen LogP contribution in [-0.2, 0) is 32.7 Å². The van der Waals surface area contributed by atoms with Gasteiger partial charge in [0, 0.05) is 12.8 Å². The predicted molar refractivity (Wildman–Crippen MR) is 235 cm³/mol. The Kier molecular flexibility index (Phi) is 38.1. The van der Waals surface area contributed by atoms with E-state index >= 15 is 0 Å². The first kappa shape index (κ1) is 55.8. The lowest BCUT2D eigenvalue weighted by molar-refractivity contribution is -0.161. The van der Waals surface area contributed by atoms with Gasteiger partial charge in [-0.25, -0.2) is 4.57 Å². The third-order valence-electron chi connectivity index (χ3n) is 8.42. The van der Waals surface area contributed by atoms with E-state index in [0.717, 1.165) is 44.9 Å². The molecule has 0 amide bonds. The van der Waals surface area contributed by atoms with Crippen molar-refractivity contribution in [2.45, 2.75) is 154 Å². The molecule has 13 heteroatoms. The number of hydrogen-bond acceptors (Lipinski definition) is 11. The van der Waals surface area contributed by atoms with Crippen molar-refractivity contribution >= 4 is 19.8 Å². The highest BCUT2D eigenvalue weighted by atomic mass is 31.2. The van der Waals surface area contributed by atoms with Crippen molar-refractivity contribution in [3.63, 3.8) is 0 Å². The minimum atomic E-state index is -4.71. The number of aliphatic hydroxyl groups excluding tert-OH is 4. The van der Waals surface area contributed by atoms with Crippen LogP contribution >= 0.6 is 7.82 Å². The van der Waals surface area contributed by atoms with Gasteiger partial charge in [0.1, 0.15) is 12.7 Å². The summed E-state index contributed by atoms with van der Waals surface area (Å²) in [5.74, 6) is -1.29. The van der Waals surface area contributed by atoms with E-state index in [-0.39, 0.29) is 32.1 Å². The number of hydrogen-bond donors (Lipinski definition) is 5. The molecule has 0 aliphatic rings. The number of allylic oxidation sites excluding steroid dienone is 15. The molecule has 0 saturated heterocycles. The highest BCUT2D eigenvalue weighted by Gasteiger charge is 2.27. The Balaban J connectivity index is 4.67. The van der Waals surface area contributed by atoms with Gasteiger partial charge < -0.3 is 34.8 Å². The molecule has 0 bridgehead atoms. The van der Waals surface area contributed by atoms with E-state index in [1.54, 1.807) is 6.08 Å². The highest BCUT2D eigenvalue weighted by Crippen LogP contribution is 2.43. The fourth-order valence-corrected chi connectivity index (χ4v) is 5.80. The van der Waals surface area contributed by atoms with E-state index in [9.17, 15) is 34.4 Å². The number of esters is 2. The monoisotopic (exact) mass is 850 g/mol. The number of phosphoric acid groups is 1. The van der Waals surface area contributed by atoms with E-state index in [4.69, 9.17) is 19.1 Å². The predicted octanol–water partition coefficient (Wildman–Crippen LogP) is 9.16. The maximum Gasteiger partial charge on any atom is 0.472 e. The first-order chi connectivity index (χ1) is 28.5. The van der Waals surface area contributed by atoms with Gasteiger partial charge >= 0.3 is 19.8 Å². The first-order valence-electron chi connectivity index (χ1n) is 21.4. The van der Waals surface area contributed by atoms with Gasteiger partial charge in [0.25, 0.3) is 0 Å². The van der Waals surface area contributed by atoms with Gasteiger partial charge in [0.15, 0.2) is 6.10 Å². The summed E-state index contributed by atoms with van der Waals surface area (Å²) in [5, 5.41) is 39.0. The molecule has 0 fully saturated rings. The number of ether oxygens (including phenoxy) is 2. The van der Waals surface area contributed by atoms with Crippen molar-refractivity contribution in [1.82, 2.24) is 0 Å². The molecule has 1 unspecified atom stereocenters. The van der Waals surface area contributed by atoms with Crippen LogP contribution in [-0.4, -0.2) is 88.1 Å². The van der Waals surface area contributed by atoms with Gasteiger partial charge in [-0.15, -0.1) is 0 Å². The molecule has 5 atom stereocenters. The summed E-state index contributed by atoms with van der Waals surface area (Å²) in [7, 11) is -4.71. The van der Waals surface area contributed by atoms with Crippen molar-refractivity contribution in [2.24, 2.45) is 0 Å². The van der Waals surface area contributed by atoms with Gasteiger partial charge in [-0.3, -0.25) is 18.6 Å². The number of unbranched alkanes of at least 4 members (excludes halogenated alkanes) is 4. The largest absolute Gasteiger partial charge is 0.472 e. The number of phosphoric ester groups is 1. The van der Waals surface area contributed by atoms with Gasteiger partial charge in [0.05, 0.1) is 32.0 Å². The van der Waals surface area contributed by atoms with Crippen molar-refractivity contribution in [1.29, 1.82) is 0 Å². The molecule has 0 rings (SSSR count). The molecule has 0 heterocycles. The zero-order chi connectivity index (χ0) is 43.7. The van der Waals surface area contributed by atoms with Crippen molar-refractivity contribution in [3.8, 4) is 0 Å². The lowest BCUT2D eigenvalue weighted by Crippen LogP contribution is -2.30. The minimum Gasteiger partial charge on any atom is -0.462 e. The summed E-state index contributed by atoms with van der Waals surface area (Å²) in [6.45, 7) is 1.81. The maximum absolute atomic E-state index is 12.6. The Bertz CT molecular complexity index is 1330. The zero-order valence-electron chi connectivity index (χ0n) is 35.6. The average Bonchev–Trinajstić information content (AvgIpc) is 3.22. The summed E-state index contributed by atoms with van der Waals surface area (Å²) in [5.41, 5.74) is 0. The highest BCUT2D eigenvalue weighted by molar-refractivity contribution is 7.47. The molecule has 0 radical (unpaired) electrons. The molecule has 0 aliphatic carbocycles. The van der Waals surface area contributed by atoms with E-state index in [1.165, 1.54) is 19.3 Å². The van der Waals surface area contributed by atoms with Crippen molar-refractivity contribution in [2.75, 3.05) is 26.4 Å². The van der Waals surface area contributed by atoms with Crippen LogP contribution in [0.5, 0.6) is 0 Å². The zero-order valence-corrected chi connectivity index (χ0v) is 36.5. The molecule has 336 valence electrons. The summed E-state index contributed by atoms with van der Waals surface area (Å²) >= 11 is 0. The van der Waals surface area contributed by atoms with Crippen molar-refractivity contribution < 1.29 is 58.0 Å². The fourth-order valence-electron chi connectivity index (χ4n) is 5.01. The van der Waals surface area contributed by atoms with E-state index in [1.807, 2.05) is 24.3 Å². The van der Waals surface area contributed by atoms with Crippen LogP contribution in [0.2, 0.25) is 0 Å². The standard InChI is InChI=1S/C46H75O12P/c1-3-5-7-9-11-13-15-17-18-19-20-21-23-25-27-29-31-35-46(52)58-42(40-57-59(53,54)56-38-41(48)37-47)39-55-45(51)36-32-34-44(50)43(49)33-30-28-26-24-22-16-14-12-10-8-6-4-2/h6,8,11-14,17-18,20-22,24-25,27-28,30,41-44,47-50H,3-5,7,9-10,15-16,19,23,26,29,31-40H2,1-2H3,(H,53,54)/b8-6-,13-11-,14-12-,18-17-,21-20-,24-22-,27-25-,30-28-/t41-,42+,43-,44-/m0/s1. The SMILES string of the molecule is CC/C=C\C/C=C\C/C=C\C/C=C\C[C@H](O)[C@@H](O)CCCC(=O)OC[C@H](COP(=O)(O)OC[C@@H](O)CO)OC(=O)CCC/C=C\C/C=C\C/C=C\C/C=C\CCCCC. The Morgan fingerprint density at radius 2 is 1.07 bits per heavy atom. The van der Waals surface area contributed by atoms with Crippen LogP contribution in [0.4, 0.5) is 0 Å². The van der Waals surface area contributed by atoms with E-state index in [0.29, 0.717) is 19.3 Å². The van der Waals surface area contributed by atoms with Gasteiger partial charge in [-0.05, 0) is 89.9 Å². The van der Waals surface area contributed by atoms with Crippen LogP contribution in [0.25, 0.3) is 0 Å². The molecule has 0 aromatic heterocycles. The average molecular weight is 851 g/mol. The van der Waals surface area contributed by atoms with E-state index in [2.05, 4.69) is 85.2 Å². The summed E-state index contributed by atoms with van der Waals surface area (Å²) in [6.07, 6.45) is 41.2. The normalized spacial score (nSPS) is 15.8. The third kappa shape index (κ3) is 38.7. The van der Waals surface area contributed by atoms with Crippen LogP contribution in [0.1, 0.15) is 129 Å². The topological polar surface area (TPSA) is 189 Å². The second-order valence-corrected chi connectivity index (χ2v) is 15.4. The Labute approximate surface area is 354 Å². The fraction of sp³-hybridized carbons (Fsp3) is 0.609. The number of carbonyl (C=O) groups excluding carboxylic acids is 2. The quantitative estimate of drug-likeness (QED) is 0.0172. The number of rotatable bonds is 38. The Morgan fingerprint density at radius 3 is 1.61 bits per heavy atom. The van der Waals surface area contributed by atoms with Gasteiger partial charge in [-0.1, -0.05) is 124 Å². The van der Waals surface area contributed by atoms with Gasteiger partial charge in [-0.2, -0.15) is 0 Å². The molecule has 0 saturated carbocycles. The molecular formula is C46H75O12P. The second-order valence-electron chi connectivity index (χ2n) is 13.9. The lowest BCUT2D eigenvalue weighted by atomic mass is 10.0. The van der Waals surface area contributed by atoms with Gasteiger partial charge in [0.2, 0.25) is 0 Å². The third-order valence-corrected chi connectivity index (χ3v) is 9.37. The van der Waals surface area contributed by atoms with Crippen LogP contribution in [0.15, 0.2) is 97.2 Å². The second kappa shape index (κ2) is 40.2. The van der Waals surface area contributed by atoms with Crippen LogP contribution in [0, 0.1) is 0 Å². The summed E-state index contributed by atoms with van der Waals surface area (Å²) in [4.78, 5) is 35.0. The molecule has 12 nitrogen and oxygen atoms in total. The smallest absolute Gasteiger partial charge is 0.462 e. The molecule has 0 spiro atoms. The molecule has 0 aliphatic heterocycles. The minimum absolute atomic E-state index is 0.0412. The number of aliphatic hydroxyl groups is 4. The first-order valence-corrected chi connectivity index (χ1v) is 22.9. The number of carbonyl (C=O) groups is 2. The molecule has 0 aromatic rings. The summed E-state index contributed by atoms with van der Waals surface area (Å²) in [6, 6.07) is 0. The van der Waals surface area contributed by atoms with E-state index < -0.39 is 70.6 Å². The molecule has 0 aromatic carbocycles. The molecule has 59 heavy (non-hydrogen) atoms. The molecule has 5 N–H and O–H groups in total. The lowest BCUT2D eigenvalue weighted by Gasteiger charge is -2.20. The Morgan fingerprint density at radius 1 is 0.576 bits per heavy atom. The van der Waals surface area contributed by atoms with Crippen molar-refractivity contribution in [3.05, 3.63) is 97.2 Å². The van der Waals surface area contributed by atoms with Crippen LogP contribution < -0.4 is 0 Å². The van der Waals surface area contributed by atoms with Crippen LogP contribution in [0.3, 0.4) is 0 Å². The Hall–Kier alpha value is -3.19. The molecular weight excluding hydrogens is 775 g/mol. The maximum atomic E-state index is 12.6. The summed E-state index contributed by atoms with van der Waals surface area (Å²) < 4.78 is 32.4.